The highest BCUT2D eigenvalue weighted by Crippen LogP contribution is 2.33. The molecule has 1 heterocycles. The van der Waals surface area contributed by atoms with Gasteiger partial charge in [0.15, 0.2) is 5.82 Å². The minimum Gasteiger partial charge on any atom is -0.365 e. The molecular formula is C14H19ClF2N2. The highest BCUT2D eigenvalue weighted by Gasteiger charge is 2.33. The molecule has 2 rings (SSSR count). The van der Waals surface area contributed by atoms with Crippen LogP contribution in [0.4, 0.5) is 14.5 Å². The van der Waals surface area contributed by atoms with Crippen LogP contribution in [-0.2, 0) is 0 Å². The summed E-state index contributed by atoms with van der Waals surface area (Å²) in [5.74, 6) is -1.23. The molecule has 2 nitrogen and oxygen atoms in total. The summed E-state index contributed by atoms with van der Waals surface area (Å²) >= 11 is 6.01. The zero-order chi connectivity index (χ0) is 14.0. The van der Waals surface area contributed by atoms with Crippen molar-refractivity contribution in [1.82, 2.24) is 5.32 Å². The average Bonchev–Trinajstić information content (AvgIpc) is 2.37. The molecule has 0 saturated carbocycles. The Morgan fingerprint density at radius 2 is 2.00 bits per heavy atom. The summed E-state index contributed by atoms with van der Waals surface area (Å²) in [6.45, 7) is 6.35. The molecule has 19 heavy (non-hydrogen) atoms. The Kier molecular flexibility index (Phi) is 4.31. The third kappa shape index (κ3) is 2.84. The molecule has 0 unspecified atom stereocenters. The maximum absolute atomic E-state index is 14.0. The lowest BCUT2D eigenvalue weighted by molar-refractivity contribution is 0.276. The van der Waals surface area contributed by atoms with Crippen molar-refractivity contribution in [2.75, 3.05) is 24.5 Å². The summed E-state index contributed by atoms with van der Waals surface area (Å²) in [5, 5.41) is 3.64. The molecule has 0 aliphatic carbocycles. The van der Waals surface area contributed by atoms with Crippen molar-refractivity contribution in [3.63, 3.8) is 0 Å². The topological polar surface area (TPSA) is 15.3 Å². The van der Waals surface area contributed by atoms with Crippen molar-refractivity contribution in [2.24, 2.45) is 0 Å². The summed E-state index contributed by atoms with van der Waals surface area (Å²) in [5.41, 5.74) is 0.290. The zero-order valence-electron chi connectivity index (χ0n) is 11.3. The largest absolute Gasteiger partial charge is 0.365 e. The molecule has 0 atom stereocenters. The van der Waals surface area contributed by atoms with Gasteiger partial charge < -0.3 is 10.2 Å². The number of rotatable bonds is 3. The highest BCUT2D eigenvalue weighted by atomic mass is 35.5. The molecule has 1 aliphatic heterocycles. The fraction of sp³-hybridized carbons (Fsp3) is 0.571. The molecule has 1 aromatic carbocycles. The van der Waals surface area contributed by atoms with E-state index < -0.39 is 11.6 Å². The molecule has 1 N–H and O–H groups in total. The number of halogens is 3. The van der Waals surface area contributed by atoms with Crippen LogP contribution < -0.4 is 10.2 Å². The molecule has 1 aromatic rings. The van der Waals surface area contributed by atoms with Crippen molar-refractivity contribution in [1.29, 1.82) is 0 Å². The Morgan fingerprint density at radius 3 is 2.58 bits per heavy atom. The van der Waals surface area contributed by atoms with Gasteiger partial charge in [-0.05, 0) is 18.9 Å². The van der Waals surface area contributed by atoms with Gasteiger partial charge in [0, 0.05) is 31.2 Å². The summed E-state index contributed by atoms with van der Waals surface area (Å²) in [6, 6.07) is 2.06. The number of nitrogens with zero attached hydrogens (tertiary/aromatic N) is 1. The smallest absolute Gasteiger partial charge is 0.150 e. The minimum absolute atomic E-state index is 0.0254. The van der Waals surface area contributed by atoms with Crippen molar-refractivity contribution in [3.8, 4) is 0 Å². The van der Waals surface area contributed by atoms with E-state index in [0.29, 0.717) is 18.8 Å². The average molecular weight is 289 g/mol. The first-order valence-electron chi connectivity index (χ1n) is 6.66. The SMILES string of the molecule is CCC1(CC)CN(c2c(F)cc(F)cc2Cl)CCN1. The van der Waals surface area contributed by atoms with Crippen LogP contribution in [0.15, 0.2) is 12.1 Å². The van der Waals surface area contributed by atoms with Crippen LogP contribution in [0.3, 0.4) is 0 Å². The van der Waals surface area contributed by atoms with Crippen LogP contribution in [0.1, 0.15) is 26.7 Å². The Balaban J connectivity index is 2.32. The first-order chi connectivity index (χ1) is 9.01. The van der Waals surface area contributed by atoms with Crippen LogP contribution in [0.5, 0.6) is 0 Å². The van der Waals surface area contributed by atoms with Crippen molar-refractivity contribution in [3.05, 3.63) is 28.8 Å². The molecule has 106 valence electrons. The van der Waals surface area contributed by atoms with Crippen molar-refractivity contribution < 1.29 is 8.78 Å². The van der Waals surface area contributed by atoms with Crippen LogP contribution in [-0.4, -0.2) is 25.2 Å². The van der Waals surface area contributed by atoms with Gasteiger partial charge in [-0.2, -0.15) is 0 Å². The number of hydrogen-bond donors (Lipinski definition) is 1. The van der Waals surface area contributed by atoms with Gasteiger partial charge in [0.25, 0.3) is 0 Å². The molecule has 1 saturated heterocycles. The summed E-state index contributed by atoms with van der Waals surface area (Å²) in [6.07, 6.45) is 1.92. The standard InChI is InChI=1S/C14H19ClF2N2/c1-3-14(4-2)9-19(6-5-18-14)13-11(15)7-10(16)8-12(13)17/h7-8,18H,3-6,9H2,1-2H3. The van der Waals surface area contributed by atoms with E-state index in [1.807, 2.05) is 4.90 Å². The predicted molar refractivity (Wildman–Crippen MR) is 74.9 cm³/mol. The lowest BCUT2D eigenvalue weighted by atomic mass is 9.90. The quantitative estimate of drug-likeness (QED) is 0.914. The molecule has 1 aliphatic rings. The number of benzene rings is 1. The lowest BCUT2D eigenvalue weighted by Gasteiger charge is -2.44. The van der Waals surface area contributed by atoms with E-state index in [4.69, 9.17) is 11.6 Å². The lowest BCUT2D eigenvalue weighted by Crippen LogP contribution is -2.60. The Morgan fingerprint density at radius 1 is 1.32 bits per heavy atom. The summed E-state index contributed by atoms with van der Waals surface area (Å²) < 4.78 is 27.1. The molecule has 0 radical (unpaired) electrons. The van der Waals surface area contributed by atoms with E-state index in [-0.39, 0.29) is 10.6 Å². The van der Waals surface area contributed by atoms with Crippen LogP contribution in [0.25, 0.3) is 0 Å². The number of anilines is 1. The Labute approximate surface area is 117 Å². The summed E-state index contributed by atoms with van der Waals surface area (Å²) in [7, 11) is 0. The van der Waals surface area contributed by atoms with Crippen molar-refractivity contribution in [2.45, 2.75) is 32.2 Å². The van der Waals surface area contributed by atoms with Gasteiger partial charge in [-0.1, -0.05) is 25.4 Å². The van der Waals surface area contributed by atoms with Crippen LogP contribution in [0.2, 0.25) is 5.02 Å². The molecule has 0 bridgehead atoms. The number of hydrogen-bond acceptors (Lipinski definition) is 2. The second-order valence-corrected chi connectivity index (χ2v) is 5.46. The fourth-order valence-corrected chi connectivity index (χ4v) is 3.02. The molecule has 5 heteroatoms. The van der Waals surface area contributed by atoms with E-state index in [1.54, 1.807) is 0 Å². The monoisotopic (exact) mass is 288 g/mol. The third-order valence-electron chi connectivity index (χ3n) is 4.03. The summed E-state index contributed by atoms with van der Waals surface area (Å²) in [4.78, 5) is 1.92. The van der Waals surface area contributed by atoms with Gasteiger partial charge >= 0.3 is 0 Å². The predicted octanol–water partition coefficient (Wildman–Crippen LogP) is 3.59. The molecule has 0 aromatic heterocycles. The molecular weight excluding hydrogens is 270 g/mol. The normalized spacial score (nSPS) is 18.7. The maximum atomic E-state index is 14.0. The van der Waals surface area contributed by atoms with E-state index >= 15 is 0 Å². The van der Waals surface area contributed by atoms with Gasteiger partial charge in [0.05, 0.1) is 10.7 Å². The van der Waals surface area contributed by atoms with Gasteiger partial charge in [0.1, 0.15) is 5.82 Å². The first-order valence-corrected chi connectivity index (χ1v) is 7.03. The Hall–Kier alpha value is -0.870. The first kappa shape index (κ1) is 14.5. The van der Waals surface area contributed by atoms with E-state index in [0.717, 1.165) is 25.5 Å². The second kappa shape index (κ2) is 5.63. The van der Waals surface area contributed by atoms with Gasteiger partial charge in [-0.15, -0.1) is 0 Å². The van der Waals surface area contributed by atoms with Crippen LogP contribution >= 0.6 is 11.6 Å². The van der Waals surface area contributed by atoms with E-state index in [2.05, 4.69) is 19.2 Å². The van der Waals surface area contributed by atoms with Crippen LogP contribution in [0, 0.1) is 11.6 Å². The van der Waals surface area contributed by atoms with E-state index in [1.165, 1.54) is 6.07 Å². The van der Waals surface area contributed by atoms with Crippen molar-refractivity contribution >= 4 is 17.3 Å². The fourth-order valence-electron chi connectivity index (χ4n) is 2.71. The Bertz CT molecular complexity index is 438. The van der Waals surface area contributed by atoms with Gasteiger partial charge in [-0.3, -0.25) is 0 Å². The molecule has 1 fully saturated rings. The van der Waals surface area contributed by atoms with E-state index in [9.17, 15) is 8.78 Å². The minimum atomic E-state index is -0.640. The zero-order valence-corrected chi connectivity index (χ0v) is 12.0. The number of piperazine rings is 1. The maximum Gasteiger partial charge on any atom is 0.150 e. The highest BCUT2D eigenvalue weighted by molar-refractivity contribution is 6.33. The molecule has 0 amide bonds. The van der Waals surface area contributed by atoms with Gasteiger partial charge in [0.2, 0.25) is 0 Å². The second-order valence-electron chi connectivity index (χ2n) is 5.05. The van der Waals surface area contributed by atoms with Gasteiger partial charge in [-0.25, -0.2) is 8.78 Å². The molecule has 0 spiro atoms. The third-order valence-corrected chi connectivity index (χ3v) is 4.31. The number of nitrogens with one attached hydrogen (secondary N) is 1.